The van der Waals surface area contributed by atoms with E-state index >= 15 is 0 Å². The number of rotatable bonds is 3. The number of benzene rings is 2. The van der Waals surface area contributed by atoms with E-state index in [1.807, 2.05) is 42.5 Å². The first-order valence-corrected chi connectivity index (χ1v) is 9.49. The Morgan fingerprint density at radius 2 is 1.65 bits per heavy atom. The minimum atomic E-state index is -3.77. The third kappa shape index (κ3) is 2.41. The SMILES string of the molecule is Cc1ccc(S(=O)(=O)N(C)c2nc3ccccc3n3c(C)nnc23)cc1. The molecule has 0 N–H and O–H groups in total. The summed E-state index contributed by atoms with van der Waals surface area (Å²) in [5.41, 5.74) is 2.89. The Hall–Kier alpha value is -3.00. The van der Waals surface area contributed by atoms with E-state index in [1.54, 1.807) is 24.3 Å². The molecule has 0 atom stereocenters. The van der Waals surface area contributed by atoms with Crippen LogP contribution in [0.25, 0.3) is 16.7 Å². The molecule has 4 rings (SSSR count). The number of hydrogen-bond acceptors (Lipinski definition) is 5. The maximum absolute atomic E-state index is 13.1. The van der Waals surface area contributed by atoms with Gasteiger partial charge in [0.05, 0.1) is 15.9 Å². The molecule has 0 aliphatic carbocycles. The van der Waals surface area contributed by atoms with Gasteiger partial charge in [0.2, 0.25) is 5.65 Å². The van der Waals surface area contributed by atoms with Crippen molar-refractivity contribution in [3.05, 3.63) is 59.9 Å². The highest BCUT2D eigenvalue weighted by Gasteiger charge is 2.26. The van der Waals surface area contributed by atoms with Crippen LogP contribution in [0.5, 0.6) is 0 Å². The number of anilines is 1. The van der Waals surface area contributed by atoms with Gasteiger partial charge < -0.3 is 0 Å². The van der Waals surface area contributed by atoms with Crippen molar-refractivity contribution in [2.75, 3.05) is 11.4 Å². The number of para-hydroxylation sites is 2. The second-order valence-corrected chi connectivity index (χ2v) is 8.09. The Bertz CT molecular complexity index is 1230. The minimum Gasteiger partial charge on any atom is -0.274 e. The van der Waals surface area contributed by atoms with Crippen molar-refractivity contribution in [1.29, 1.82) is 0 Å². The van der Waals surface area contributed by atoms with Crippen molar-refractivity contribution < 1.29 is 8.42 Å². The van der Waals surface area contributed by atoms with E-state index in [4.69, 9.17) is 0 Å². The summed E-state index contributed by atoms with van der Waals surface area (Å²) < 4.78 is 29.1. The lowest BCUT2D eigenvalue weighted by Gasteiger charge is -2.19. The second kappa shape index (κ2) is 5.77. The lowest BCUT2D eigenvalue weighted by molar-refractivity contribution is 0.594. The van der Waals surface area contributed by atoms with Crippen LogP contribution >= 0.6 is 0 Å². The van der Waals surface area contributed by atoms with Gasteiger partial charge in [-0.05, 0) is 38.1 Å². The maximum Gasteiger partial charge on any atom is 0.265 e. The molecule has 8 heteroatoms. The summed E-state index contributed by atoms with van der Waals surface area (Å²) in [6, 6.07) is 14.2. The number of hydrogen-bond donors (Lipinski definition) is 0. The number of sulfonamides is 1. The number of nitrogens with zero attached hydrogens (tertiary/aromatic N) is 5. The zero-order chi connectivity index (χ0) is 18.5. The molecule has 0 saturated heterocycles. The molecule has 2 heterocycles. The monoisotopic (exact) mass is 367 g/mol. The average molecular weight is 367 g/mol. The molecule has 0 amide bonds. The number of aryl methyl sites for hydroxylation is 2. The zero-order valence-corrected chi connectivity index (χ0v) is 15.4. The van der Waals surface area contributed by atoms with Crippen LogP contribution in [0.4, 0.5) is 5.82 Å². The van der Waals surface area contributed by atoms with Crippen LogP contribution in [0.3, 0.4) is 0 Å². The normalized spacial score (nSPS) is 12.0. The molecule has 0 fully saturated rings. The Labute approximate surface area is 151 Å². The van der Waals surface area contributed by atoms with Crippen LogP contribution in [0.2, 0.25) is 0 Å². The Balaban J connectivity index is 1.96. The summed E-state index contributed by atoms with van der Waals surface area (Å²) in [6.07, 6.45) is 0. The molecule has 0 spiro atoms. The third-order valence-electron chi connectivity index (χ3n) is 4.35. The summed E-state index contributed by atoms with van der Waals surface area (Å²) in [5, 5.41) is 8.26. The first-order valence-electron chi connectivity index (χ1n) is 8.05. The molecule has 0 saturated carbocycles. The van der Waals surface area contributed by atoms with Gasteiger partial charge in [-0.25, -0.2) is 17.7 Å². The standard InChI is InChI=1S/C18H17N5O2S/c1-12-8-10-14(11-9-12)26(24,25)22(3)17-18-21-20-13(2)23(18)16-7-5-4-6-15(16)19-17/h4-11H,1-3H3. The van der Waals surface area contributed by atoms with Crippen molar-refractivity contribution >= 4 is 32.5 Å². The molecular formula is C18H17N5O2S. The summed E-state index contributed by atoms with van der Waals surface area (Å²) in [6.45, 7) is 3.73. The summed E-state index contributed by atoms with van der Waals surface area (Å²) in [4.78, 5) is 4.75. The van der Waals surface area contributed by atoms with E-state index in [1.165, 1.54) is 7.05 Å². The van der Waals surface area contributed by atoms with Gasteiger partial charge >= 0.3 is 0 Å². The molecule has 0 unspecified atom stereocenters. The van der Waals surface area contributed by atoms with Crippen LogP contribution in [0.1, 0.15) is 11.4 Å². The van der Waals surface area contributed by atoms with Crippen molar-refractivity contribution in [3.8, 4) is 0 Å². The van der Waals surface area contributed by atoms with Crippen LogP contribution < -0.4 is 4.31 Å². The van der Waals surface area contributed by atoms with E-state index in [0.29, 0.717) is 17.0 Å². The Kier molecular flexibility index (Phi) is 3.66. The first-order chi connectivity index (χ1) is 12.4. The van der Waals surface area contributed by atoms with E-state index in [9.17, 15) is 8.42 Å². The highest BCUT2D eigenvalue weighted by Crippen LogP contribution is 2.27. The Morgan fingerprint density at radius 1 is 0.962 bits per heavy atom. The van der Waals surface area contributed by atoms with E-state index in [0.717, 1.165) is 15.4 Å². The molecule has 26 heavy (non-hydrogen) atoms. The van der Waals surface area contributed by atoms with Gasteiger partial charge in [0.1, 0.15) is 5.82 Å². The van der Waals surface area contributed by atoms with Crippen LogP contribution in [0.15, 0.2) is 53.4 Å². The lowest BCUT2D eigenvalue weighted by atomic mass is 10.2. The van der Waals surface area contributed by atoms with Gasteiger partial charge in [-0.15, -0.1) is 10.2 Å². The maximum atomic E-state index is 13.1. The van der Waals surface area contributed by atoms with E-state index in [2.05, 4.69) is 15.2 Å². The molecule has 7 nitrogen and oxygen atoms in total. The second-order valence-electron chi connectivity index (χ2n) is 6.12. The van der Waals surface area contributed by atoms with E-state index in [-0.39, 0.29) is 10.7 Å². The van der Waals surface area contributed by atoms with Crippen molar-refractivity contribution in [3.63, 3.8) is 0 Å². The molecule has 0 radical (unpaired) electrons. The molecule has 0 bridgehead atoms. The van der Waals surface area contributed by atoms with Crippen LogP contribution in [-0.4, -0.2) is 35.0 Å². The molecular weight excluding hydrogens is 350 g/mol. The molecule has 0 aliphatic heterocycles. The average Bonchev–Trinajstić information content (AvgIpc) is 3.03. The van der Waals surface area contributed by atoms with Gasteiger partial charge in [-0.2, -0.15) is 0 Å². The molecule has 132 valence electrons. The summed E-state index contributed by atoms with van der Waals surface area (Å²) >= 11 is 0. The summed E-state index contributed by atoms with van der Waals surface area (Å²) in [5.74, 6) is 0.908. The zero-order valence-electron chi connectivity index (χ0n) is 14.6. The van der Waals surface area contributed by atoms with Crippen LogP contribution in [-0.2, 0) is 10.0 Å². The van der Waals surface area contributed by atoms with Crippen molar-refractivity contribution in [1.82, 2.24) is 19.6 Å². The fraction of sp³-hybridized carbons (Fsp3) is 0.167. The predicted octanol–water partition coefficient (Wildman–Crippen LogP) is 2.72. The van der Waals surface area contributed by atoms with Crippen molar-refractivity contribution in [2.45, 2.75) is 18.7 Å². The molecule has 0 aliphatic rings. The molecule has 4 aromatic rings. The van der Waals surface area contributed by atoms with E-state index < -0.39 is 10.0 Å². The largest absolute Gasteiger partial charge is 0.274 e. The minimum absolute atomic E-state index is 0.204. The van der Waals surface area contributed by atoms with Gasteiger partial charge in [0.25, 0.3) is 10.0 Å². The fourth-order valence-corrected chi connectivity index (χ4v) is 4.05. The highest BCUT2D eigenvalue weighted by molar-refractivity contribution is 7.92. The van der Waals surface area contributed by atoms with Crippen molar-refractivity contribution in [2.24, 2.45) is 0 Å². The quantitative estimate of drug-likeness (QED) is 0.556. The third-order valence-corrected chi connectivity index (χ3v) is 6.11. The van der Waals surface area contributed by atoms with Crippen LogP contribution in [0, 0.1) is 13.8 Å². The van der Waals surface area contributed by atoms with Gasteiger partial charge in [0, 0.05) is 7.05 Å². The van der Waals surface area contributed by atoms with Gasteiger partial charge in [-0.3, -0.25) is 4.40 Å². The predicted molar refractivity (Wildman–Crippen MR) is 99.8 cm³/mol. The Morgan fingerprint density at radius 3 is 2.38 bits per heavy atom. The smallest absolute Gasteiger partial charge is 0.265 e. The first kappa shape index (κ1) is 16.5. The topological polar surface area (TPSA) is 80.5 Å². The highest BCUT2D eigenvalue weighted by atomic mass is 32.2. The van der Waals surface area contributed by atoms with Gasteiger partial charge in [0.15, 0.2) is 5.82 Å². The number of aromatic nitrogens is 4. The van der Waals surface area contributed by atoms with Gasteiger partial charge in [-0.1, -0.05) is 29.8 Å². The molecule has 2 aromatic heterocycles. The molecule has 2 aromatic carbocycles. The number of fused-ring (bicyclic) bond motifs is 3. The lowest BCUT2D eigenvalue weighted by Crippen LogP contribution is -2.28. The summed E-state index contributed by atoms with van der Waals surface area (Å²) in [7, 11) is -2.29. The fourth-order valence-electron chi connectivity index (χ4n) is 2.90.